The highest BCUT2D eigenvalue weighted by molar-refractivity contribution is 7.91. The summed E-state index contributed by atoms with van der Waals surface area (Å²) in [5.41, 5.74) is 0.730. The monoisotopic (exact) mass is 404 g/mol. The molecule has 1 N–H and O–H groups in total. The summed E-state index contributed by atoms with van der Waals surface area (Å²) in [4.78, 5) is 12.6. The number of amides is 1. The molecule has 1 fully saturated rings. The molecule has 0 unspecified atom stereocenters. The van der Waals surface area contributed by atoms with Crippen LogP contribution in [0.2, 0.25) is 0 Å². The van der Waals surface area contributed by atoms with Crippen molar-refractivity contribution >= 4 is 33.3 Å². The molecular weight excluding hydrogens is 388 g/mol. The first-order chi connectivity index (χ1) is 13.1. The van der Waals surface area contributed by atoms with E-state index in [1.807, 2.05) is 30.3 Å². The Balaban J connectivity index is 1.50. The lowest BCUT2D eigenvalue weighted by molar-refractivity contribution is -0.119. The average molecular weight is 404 g/mol. The molecule has 0 spiro atoms. The maximum atomic E-state index is 12.8. The van der Waals surface area contributed by atoms with E-state index in [4.69, 9.17) is 4.42 Å². The van der Waals surface area contributed by atoms with Crippen molar-refractivity contribution in [1.82, 2.24) is 14.5 Å². The molecular formula is C17H16N4O4S2. The Hall–Kier alpha value is -2.56. The van der Waals surface area contributed by atoms with Gasteiger partial charge in [0, 0.05) is 12.1 Å². The first-order valence-corrected chi connectivity index (χ1v) is 10.6. The van der Waals surface area contributed by atoms with Crippen molar-refractivity contribution in [2.45, 2.75) is 23.1 Å². The molecule has 0 bridgehead atoms. The van der Waals surface area contributed by atoms with Crippen molar-refractivity contribution in [2.75, 3.05) is 11.9 Å². The Labute approximate surface area is 159 Å². The second-order valence-electron chi connectivity index (χ2n) is 5.97. The van der Waals surface area contributed by atoms with Crippen molar-refractivity contribution in [2.24, 2.45) is 0 Å². The third-order valence-corrected chi connectivity index (χ3v) is 7.52. The second kappa shape index (κ2) is 7.22. The van der Waals surface area contributed by atoms with E-state index in [0.717, 1.165) is 16.9 Å². The molecule has 10 heteroatoms. The molecule has 3 aromatic rings. The van der Waals surface area contributed by atoms with Gasteiger partial charge in [0.2, 0.25) is 11.8 Å². The fourth-order valence-corrected chi connectivity index (χ4v) is 5.75. The van der Waals surface area contributed by atoms with Gasteiger partial charge in [0.1, 0.15) is 10.3 Å². The molecule has 0 radical (unpaired) electrons. The van der Waals surface area contributed by atoms with E-state index in [0.29, 0.717) is 19.4 Å². The maximum absolute atomic E-state index is 12.8. The van der Waals surface area contributed by atoms with Crippen LogP contribution in [-0.2, 0) is 14.8 Å². The lowest BCUT2D eigenvalue weighted by Crippen LogP contribution is -2.42. The smallest absolute Gasteiger partial charge is 0.322 e. The van der Waals surface area contributed by atoms with Gasteiger partial charge in [-0.2, -0.15) is 4.31 Å². The van der Waals surface area contributed by atoms with E-state index < -0.39 is 22.0 Å². The fourth-order valence-electron chi connectivity index (χ4n) is 2.98. The van der Waals surface area contributed by atoms with Gasteiger partial charge in [-0.1, -0.05) is 29.4 Å². The van der Waals surface area contributed by atoms with Gasteiger partial charge in [-0.05, 0) is 36.4 Å². The van der Waals surface area contributed by atoms with Crippen LogP contribution < -0.4 is 5.32 Å². The molecule has 0 aliphatic carbocycles. The van der Waals surface area contributed by atoms with Crippen LogP contribution in [0, 0.1) is 0 Å². The predicted molar refractivity (Wildman–Crippen MR) is 99.6 cm³/mol. The molecule has 1 aromatic carbocycles. The Kier molecular flexibility index (Phi) is 4.77. The number of aromatic nitrogens is 2. The van der Waals surface area contributed by atoms with Gasteiger partial charge in [-0.15, -0.1) is 16.4 Å². The van der Waals surface area contributed by atoms with Crippen LogP contribution in [-0.4, -0.2) is 41.4 Å². The summed E-state index contributed by atoms with van der Waals surface area (Å²) in [7, 11) is -3.70. The van der Waals surface area contributed by atoms with Gasteiger partial charge in [0.05, 0.1) is 0 Å². The molecule has 0 saturated carbocycles. The summed E-state index contributed by atoms with van der Waals surface area (Å²) >= 11 is 1.13. The van der Waals surface area contributed by atoms with Gasteiger partial charge in [0.25, 0.3) is 10.0 Å². The Bertz CT molecular complexity index is 1030. The zero-order valence-corrected chi connectivity index (χ0v) is 15.7. The third-order valence-electron chi connectivity index (χ3n) is 4.24. The normalized spacial score (nSPS) is 17.9. The molecule has 140 valence electrons. The number of hydrogen-bond donors (Lipinski definition) is 1. The average Bonchev–Trinajstić information content (AvgIpc) is 3.42. The summed E-state index contributed by atoms with van der Waals surface area (Å²) in [5.74, 6) is -0.198. The first kappa shape index (κ1) is 17.8. The molecule has 27 heavy (non-hydrogen) atoms. The van der Waals surface area contributed by atoms with Crippen LogP contribution in [0.1, 0.15) is 12.8 Å². The minimum atomic E-state index is -3.70. The molecule has 2 aromatic heterocycles. The van der Waals surface area contributed by atoms with E-state index in [9.17, 15) is 13.2 Å². The largest absolute Gasteiger partial charge is 0.403 e. The van der Waals surface area contributed by atoms with Crippen molar-refractivity contribution in [1.29, 1.82) is 0 Å². The van der Waals surface area contributed by atoms with E-state index in [1.165, 1.54) is 10.4 Å². The standard InChI is InChI=1S/C17H16N4O4S2/c22-15(18-17-20-19-16(25-17)12-6-2-1-3-7-12)13-8-4-10-21(13)27(23,24)14-9-5-11-26-14/h1-3,5-7,9,11,13H,4,8,10H2,(H,18,20,22)/t13-/m0/s1. The topological polar surface area (TPSA) is 105 Å². The van der Waals surface area contributed by atoms with Crippen molar-refractivity contribution in [3.63, 3.8) is 0 Å². The molecule has 4 rings (SSSR count). The van der Waals surface area contributed by atoms with Gasteiger partial charge < -0.3 is 4.42 Å². The molecule has 1 saturated heterocycles. The summed E-state index contributed by atoms with van der Waals surface area (Å²) in [6.07, 6.45) is 1.05. The van der Waals surface area contributed by atoms with Crippen LogP contribution in [0.15, 0.2) is 56.5 Å². The SMILES string of the molecule is O=C(Nc1nnc(-c2ccccc2)o1)[C@@H]1CCCN1S(=O)(=O)c1cccs1. The summed E-state index contributed by atoms with van der Waals surface area (Å²) in [5, 5.41) is 12.0. The first-order valence-electron chi connectivity index (χ1n) is 8.31. The summed E-state index contributed by atoms with van der Waals surface area (Å²) in [6.45, 7) is 0.303. The quantitative estimate of drug-likeness (QED) is 0.701. The molecule has 1 atom stereocenters. The van der Waals surface area contributed by atoms with Crippen LogP contribution in [0.25, 0.3) is 11.5 Å². The van der Waals surface area contributed by atoms with Crippen molar-refractivity contribution in [3.8, 4) is 11.5 Å². The number of carbonyl (C=O) groups excluding carboxylic acids is 1. The number of anilines is 1. The van der Waals surface area contributed by atoms with Crippen LogP contribution in [0.4, 0.5) is 6.01 Å². The highest BCUT2D eigenvalue weighted by atomic mass is 32.2. The number of benzene rings is 1. The Morgan fingerprint density at radius 1 is 1.19 bits per heavy atom. The van der Waals surface area contributed by atoms with E-state index in [-0.39, 0.29) is 16.1 Å². The van der Waals surface area contributed by atoms with Crippen molar-refractivity contribution < 1.29 is 17.6 Å². The molecule has 1 aliphatic heterocycles. The number of thiophene rings is 1. The van der Waals surface area contributed by atoms with Gasteiger partial charge >= 0.3 is 6.01 Å². The number of rotatable bonds is 5. The summed E-state index contributed by atoms with van der Waals surface area (Å²) in [6, 6.07) is 11.5. The number of hydrogen-bond acceptors (Lipinski definition) is 7. The fraction of sp³-hybridized carbons (Fsp3) is 0.235. The van der Waals surface area contributed by atoms with Gasteiger partial charge in [-0.3, -0.25) is 10.1 Å². The summed E-state index contributed by atoms with van der Waals surface area (Å²) < 4.78 is 32.5. The van der Waals surface area contributed by atoms with E-state index in [2.05, 4.69) is 15.5 Å². The molecule has 3 heterocycles. The number of sulfonamides is 1. The minimum Gasteiger partial charge on any atom is -0.403 e. The van der Waals surface area contributed by atoms with Crippen molar-refractivity contribution in [3.05, 3.63) is 47.8 Å². The second-order valence-corrected chi connectivity index (χ2v) is 9.04. The molecule has 8 nitrogen and oxygen atoms in total. The van der Waals surface area contributed by atoms with Crippen LogP contribution in [0.3, 0.4) is 0 Å². The highest BCUT2D eigenvalue weighted by Gasteiger charge is 2.40. The zero-order valence-electron chi connectivity index (χ0n) is 14.1. The third kappa shape index (κ3) is 3.51. The van der Waals surface area contributed by atoms with E-state index >= 15 is 0 Å². The van der Waals surface area contributed by atoms with Gasteiger partial charge in [-0.25, -0.2) is 8.42 Å². The number of nitrogens with zero attached hydrogens (tertiary/aromatic N) is 3. The lowest BCUT2D eigenvalue weighted by atomic mass is 10.2. The Morgan fingerprint density at radius 2 is 2.00 bits per heavy atom. The predicted octanol–water partition coefficient (Wildman–Crippen LogP) is 2.59. The Morgan fingerprint density at radius 3 is 2.74 bits per heavy atom. The molecule has 1 aliphatic rings. The number of carbonyl (C=O) groups is 1. The van der Waals surface area contributed by atoms with Crippen LogP contribution in [0.5, 0.6) is 0 Å². The zero-order chi connectivity index (χ0) is 18.9. The minimum absolute atomic E-state index is 0.0563. The van der Waals surface area contributed by atoms with E-state index in [1.54, 1.807) is 11.4 Å². The van der Waals surface area contributed by atoms with Gasteiger partial charge in [0.15, 0.2) is 0 Å². The van der Waals surface area contributed by atoms with Crippen LogP contribution >= 0.6 is 11.3 Å². The molecule has 1 amide bonds. The maximum Gasteiger partial charge on any atom is 0.322 e. The lowest BCUT2D eigenvalue weighted by Gasteiger charge is -2.21. The number of nitrogens with one attached hydrogen (secondary N) is 1. The highest BCUT2D eigenvalue weighted by Crippen LogP contribution is 2.29.